The molecule has 0 unspecified atom stereocenters. The Morgan fingerprint density at radius 3 is 2.27 bits per heavy atom. The van der Waals surface area contributed by atoms with Crippen LogP contribution in [0.4, 0.5) is 13.2 Å². The molecule has 10 heteroatoms. The van der Waals surface area contributed by atoms with Crippen LogP contribution >= 0.6 is 11.6 Å². The van der Waals surface area contributed by atoms with Crippen molar-refractivity contribution in [2.45, 2.75) is 31.0 Å². The van der Waals surface area contributed by atoms with Gasteiger partial charge in [-0.2, -0.15) is 18.9 Å². The molecule has 0 aromatic heterocycles. The van der Waals surface area contributed by atoms with Crippen LogP contribution in [-0.4, -0.2) is 35.9 Å². The summed E-state index contributed by atoms with van der Waals surface area (Å²) in [5.74, 6) is -2.22. The Kier molecular flexibility index (Phi) is 6.83. The minimum Gasteiger partial charge on any atom is -0.807 e. The molecule has 2 aromatic carbocycles. The lowest BCUT2D eigenvalue weighted by Gasteiger charge is -2.26. The Labute approximate surface area is 193 Å². The summed E-state index contributed by atoms with van der Waals surface area (Å²) in [6, 6.07) is 11.9. The summed E-state index contributed by atoms with van der Waals surface area (Å²) in [7, 11) is 1.01. The van der Waals surface area contributed by atoms with Crippen molar-refractivity contribution in [2.24, 2.45) is 0 Å². The van der Waals surface area contributed by atoms with Crippen LogP contribution in [0.2, 0.25) is 5.02 Å². The number of carboxylic acids is 1. The molecule has 174 valence electrons. The van der Waals surface area contributed by atoms with Gasteiger partial charge in [0.25, 0.3) is 5.91 Å². The molecule has 0 heterocycles. The number of hydrogen-bond donors (Lipinski definition) is 3. The van der Waals surface area contributed by atoms with Gasteiger partial charge < -0.3 is 21.1 Å². The van der Waals surface area contributed by atoms with E-state index in [0.717, 1.165) is 7.05 Å². The van der Waals surface area contributed by atoms with Crippen LogP contribution < -0.4 is 10.6 Å². The van der Waals surface area contributed by atoms with Crippen LogP contribution in [0.15, 0.2) is 59.8 Å². The smallest absolute Gasteiger partial charge is 0.431 e. The number of hydrogen-bond acceptors (Lipinski definition) is 3. The fraction of sp³-hybridized carbons (Fsp3) is 0.261. The van der Waals surface area contributed by atoms with Crippen LogP contribution in [-0.2, 0) is 16.8 Å². The fourth-order valence-corrected chi connectivity index (χ4v) is 3.76. The van der Waals surface area contributed by atoms with Gasteiger partial charge in [0.1, 0.15) is 5.70 Å². The number of carbonyl (C=O) groups excluding carboxylic acids is 1. The average Bonchev–Trinajstić information content (AvgIpc) is 3.51. The van der Waals surface area contributed by atoms with Crippen LogP contribution in [0.5, 0.6) is 0 Å². The minimum absolute atomic E-state index is 0.0449. The van der Waals surface area contributed by atoms with Crippen molar-refractivity contribution in [2.75, 3.05) is 7.05 Å². The Morgan fingerprint density at radius 1 is 1.15 bits per heavy atom. The third-order valence-corrected chi connectivity index (χ3v) is 5.58. The monoisotopic (exact) mass is 478 g/mol. The zero-order valence-corrected chi connectivity index (χ0v) is 18.2. The predicted molar refractivity (Wildman–Crippen MR) is 118 cm³/mol. The number of benzene rings is 2. The molecule has 3 N–H and O–H groups in total. The maximum atomic E-state index is 13.7. The average molecular weight is 479 g/mol. The van der Waals surface area contributed by atoms with Gasteiger partial charge >= 0.3 is 12.1 Å². The van der Waals surface area contributed by atoms with E-state index in [9.17, 15) is 28.2 Å². The van der Waals surface area contributed by atoms with Gasteiger partial charge in [-0.3, -0.25) is 4.79 Å². The highest BCUT2D eigenvalue weighted by Crippen LogP contribution is 2.46. The third kappa shape index (κ3) is 5.54. The Bertz CT molecular complexity index is 1120. The fourth-order valence-electron chi connectivity index (χ4n) is 3.55. The quantitative estimate of drug-likeness (QED) is 0.386. The Hall–Kier alpha value is -3.33. The number of alkyl halides is 3. The van der Waals surface area contributed by atoms with E-state index in [0.29, 0.717) is 29.0 Å². The number of aromatic carboxylic acids is 1. The molecule has 33 heavy (non-hydrogen) atoms. The predicted octanol–water partition coefficient (Wildman–Crippen LogP) is 4.43. The number of amides is 1. The molecule has 0 spiro atoms. The molecule has 2 aromatic rings. The van der Waals surface area contributed by atoms with Crippen LogP contribution in [0.1, 0.15) is 34.3 Å². The van der Waals surface area contributed by atoms with Gasteiger partial charge in [-0.05, 0) is 54.7 Å². The zero-order valence-electron chi connectivity index (χ0n) is 17.5. The summed E-state index contributed by atoms with van der Waals surface area (Å²) in [4.78, 5) is 24.1. The highest BCUT2D eigenvalue weighted by atomic mass is 35.5. The molecule has 6 nitrogen and oxygen atoms in total. The molecule has 1 aliphatic rings. The molecule has 1 amide bonds. The van der Waals surface area contributed by atoms with Gasteiger partial charge in [-0.15, -0.1) is 0 Å². The molecule has 0 aliphatic heterocycles. The van der Waals surface area contributed by atoms with Crippen molar-refractivity contribution in [3.05, 3.63) is 86.9 Å². The highest BCUT2D eigenvalue weighted by molar-refractivity contribution is 6.30. The van der Waals surface area contributed by atoms with Gasteiger partial charge in [0.05, 0.1) is 11.1 Å². The number of allylic oxidation sites excluding steroid dienone is 1. The third-order valence-electron chi connectivity index (χ3n) is 5.35. The Morgan fingerprint density at radius 2 is 1.79 bits per heavy atom. The van der Waals surface area contributed by atoms with Gasteiger partial charge in [-0.25, -0.2) is 4.79 Å². The summed E-state index contributed by atoms with van der Waals surface area (Å²) < 4.78 is 41.1. The van der Waals surface area contributed by atoms with Crippen molar-refractivity contribution in [1.82, 2.24) is 10.6 Å². The number of nitrogens with one attached hydrogen (secondary N) is 2. The van der Waals surface area contributed by atoms with E-state index in [1.807, 2.05) is 5.32 Å². The van der Waals surface area contributed by atoms with Crippen molar-refractivity contribution < 1.29 is 27.9 Å². The molecule has 0 saturated heterocycles. The lowest BCUT2D eigenvalue weighted by Crippen LogP contribution is -2.41. The molecule has 0 atom stereocenters. The van der Waals surface area contributed by atoms with Crippen LogP contribution in [0.25, 0.3) is 5.41 Å². The minimum atomic E-state index is -4.93. The Balaban J connectivity index is 1.93. The summed E-state index contributed by atoms with van der Waals surface area (Å²) in [6.45, 7) is 0. The number of nitrogens with zero attached hydrogens (tertiary/aromatic N) is 1. The van der Waals surface area contributed by atoms with E-state index >= 15 is 0 Å². The summed E-state index contributed by atoms with van der Waals surface area (Å²) in [6.07, 6.45) is -4.36. The highest BCUT2D eigenvalue weighted by Gasteiger charge is 2.47. The van der Waals surface area contributed by atoms with E-state index in [4.69, 9.17) is 16.7 Å². The second-order valence-corrected chi connectivity index (χ2v) is 8.11. The number of carbonyl (C=O) groups is 2. The molecular formula is C23H20ClF3N3O3-. The lowest BCUT2D eigenvalue weighted by molar-refractivity contribution is -0.120. The lowest BCUT2D eigenvalue weighted by atomic mass is 9.97. The van der Waals surface area contributed by atoms with Crippen LogP contribution in [0.3, 0.4) is 0 Å². The first kappa shape index (κ1) is 24.3. The first-order chi connectivity index (χ1) is 15.5. The summed E-state index contributed by atoms with van der Waals surface area (Å²) in [5.41, 5.74) is -2.98. The number of carboxylic acid groups (broad SMARTS) is 1. The van der Waals surface area contributed by atoms with Gasteiger partial charge in [0.15, 0.2) is 0 Å². The molecular weight excluding hydrogens is 459 g/mol. The van der Waals surface area contributed by atoms with Crippen molar-refractivity contribution in [1.29, 1.82) is 0 Å². The molecule has 3 rings (SSSR count). The van der Waals surface area contributed by atoms with Crippen LogP contribution in [0, 0.1) is 0 Å². The summed E-state index contributed by atoms with van der Waals surface area (Å²) >= 11 is 5.92. The van der Waals surface area contributed by atoms with Crippen molar-refractivity contribution >= 4 is 29.2 Å². The van der Waals surface area contributed by atoms with Gasteiger partial charge in [-0.1, -0.05) is 35.9 Å². The normalized spacial score (nSPS) is 15.3. The van der Waals surface area contributed by atoms with E-state index in [2.05, 4.69) is 5.32 Å². The number of rotatable bonds is 8. The molecule has 0 radical (unpaired) electrons. The molecule has 0 bridgehead atoms. The standard InChI is InChI=1S/C23H20ClF3N3O3/c1-29-19(23(25,26)27)18(17(28)12-13-3-2-4-16(24)11-13)20(31)30-22(9-10-22)15-7-5-14(6-8-15)21(32)33/h2-8,11,29H,9-10,12H2,1H3,(H,30,31)(H,32,33)/q-1/b19-18+. The maximum Gasteiger partial charge on any atom is 0.431 e. The summed E-state index contributed by atoms with van der Waals surface area (Å²) in [5, 5.41) is 24.6. The zero-order chi connectivity index (χ0) is 24.4. The maximum absolute atomic E-state index is 13.7. The first-order valence-electron chi connectivity index (χ1n) is 9.92. The first-order valence-corrected chi connectivity index (χ1v) is 10.3. The van der Waals surface area contributed by atoms with Gasteiger partial charge in [0.2, 0.25) is 0 Å². The van der Waals surface area contributed by atoms with Gasteiger partial charge in [0, 0.05) is 17.6 Å². The van der Waals surface area contributed by atoms with E-state index in [1.165, 1.54) is 30.3 Å². The molecule has 1 fully saturated rings. The largest absolute Gasteiger partial charge is 0.807 e. The van der Waals surface area contributed by atoms with E-state index in [-0.39, 0.29) is 12.0 Å². The molecule has 1 aliphatic carbocycles. The van der Waals surface area contributed by atoms with Crippen molar-refractivity contribution in [3.8, 4) is 0 Å². The second-order valence-electron chi connectivity index (χ2n) is 7.67. The topological polar surface area (TPSA) is 101 Å². The SMILES string of the molecule is CN/C(=C(\C(=[N-])Cc1cccc(Cl)c1)C(=O)NC1(c2ccc(C(=O)O)cc2)CC1)C(F)(F)F. The second kappa shape index (κ2) is 9.27. The van der Waals surface area contributed by atoms with E-state index < -0.39 is 40.6 Å². The van der Waals surface area contributed by atoms with E-state index in [1.54, 1.807) is 18.2 Å². The molecule has 1 saturated carbocycles. The number of halogens is 4. The van der Waals surface area contributed by atoms with Crippen molar-refractivity contribution in [3.63, 3.8) is 0 Å².